The van der Waals surface area contributed by atoms with Crippen LogP contribution in [0.2, 0.25) is 0 Å². The minimum atomic E-state index is 0.439. The largest absolute Gasteiger partial charge is 0.489 e. The van der Waals surface area contributed by atoms with Crippen molar-refractivity contribution in [1.82, 2.24) is 19.5 Å². The molecule has 0 spiro atoms. The van der Waals surface area contributed by atoms with Gasteiger partial charge in [0.25, 0.3) is 0 Å². The summed E-state index contributed by atoms with van der Waals surface area (Å²) in [6, 6.07) is 85.2. The van der Waals surface area contributed by atoms with Gasteiger partial charge in [-0.1, -0.05) is 158 Å². The standard InChI is InChI=1S/C72H54N4O4/c1-5-13-50(14-6-1)46-77-63-34-21-54(22-35-63)69-67-42-31-60(75-67)44-59-28-27-57(73-59)43-58-29-30-61(74-58)45-68-70(55-23-36-64(37-24-55)78-47-51-15-7-2-8-16-51)71(56-25-38-65(39-26-56)79-48-52-17-9-3-10-18-52)72(69)76(68)62-32-40-66(41-33-62)80-49-53-19-11-4-12-20-53/h1-45,73H,46-49H2. The highest BCUT2D eigenvalue weighted by atomic mass is 16.5. The van der Waals surface area contributed by atoms with E-state index in [1.54, 1.807) is 0 Å². The van der Waals surface area contributed by atoms with Gasteiger partial charge in [-0.15, -0.1) is 0 Å². The molecule has 11 aromatic rings. The van der Waals surface area contributed by atoms with Crippen LogP contribution in [0, 0.1) is 0 Å². The lowest BCUT2D eigenvalue weighted by molar-refractivity contribution is 0.306. The summed E-state index contributed by atoms with van der Waals surface area (Å²) in [4.78, 5) is 14.3. The first kappa shape index (κ1) is 49.2. The first-order valence-electron chi connectivity index (χ1n) is 26.8. The van der Waals surface area contributed by atoms with Crippen molar-refractivity contribution in [3.8, 4) is 62.1 Å². The smallest absolute Gasteiger partial charge is 0.119 e. The summed E-state index contributed by atoms with van der Waals surface area (Å²) in [7, 11) is 0. The summed E-state index contributed by atoms with van der Waals surface area (Å²) in [5, 5.41) is 0. The predicted octanol–water partition coefficient (Wildman–Crippen LogP) is 17.4. The Balaban J connectivity index is 1.09. The van der Waals surface area contributed by atoms with Gasteiger partial charge in [0.15, 0.2) is 0 Å². The van der Waals surface area contributed by atoms with Gasteiger partial charge in [0, 0.05) is 33.4 Å². The van der Waals surface area contributed by atoms with Crippen molar-refractivity contribution >= 4 is 46.4 Å². The van der Waals surface area contributed by atoms with E-state index >= 15 is 0 Å². The number of aromatic nitrogens is 4. The summed E-state index contributed by atoms with van der Waals surface area (Å²) in [5.41, 5.74) is 18.0. The normalized spacial score (nSPS) is 11.6. The second kappa shape index (κ2) is 22.6. The number of aromatic amines is 1. The third-order valence-electron chi connectivity index (χ3n) is 14.2. The van der Waals surface area contributed by atoms with Crippen molar-refractivity contribution in [1.29, 1.82) is 0 Å². The topological polar surface area (TPSA) is 83.4 Å². The molecule has 8 aromatic carbocycles. The van der Waals surface area contributed by atoms with Crippen LogP contribution in [-0.2, 0) is 26.4 Å². The molecule has 8 bridgehead atoms. The van der Waals surface area contributed by atoms with Crippen LogP contribution < -0.4 is 18.9 Å². The van der Waals surface area contributed by atoms with Crippen molar-refractivity contribution in [3.05, 3.63) is 294 Å². The Hall–Kier alpha value is -10.4. The minimum absolute atomic E-state index is 0.439. The Morgan fingerprint density at radius 2 is 0.688 bits per heavy atom. The molecule has 3 aromatic heterocycles. The summed E-state index contributed by atoms with van der Waals surface area (Å²) >= 11 is 0. The number of ether oxygens (including phenoxy) is 4. The van der Waals surface area contributed by atoms with Gasteiger partial charge in [0.2, 0.25) is 0 Å². The monoisotopic (exact) mass is 1040 g/mol. The Bertz CT molecular complexity index is 4180. The van der Waals surface area contributed by atoms with Crippen molar-refractivity contribution < 1.29 is 18.9 Å². The zero-order valence-electron chi connectivity index (χ0n) is 43.8. The first-order chi connectivity index (χ1) is 39.6. The van der Waals surface area contributed by atoms with Crippen molar-refractivity contribution in [2.45, 2.75) is 26.4 Å². The lowest BCUT2D eigenvalue weighted by Crippen LogP contribution is -1.99. The van der Waals surface area contributed by atoms with E-state index in [4.69, 9.17) is 28.9 Å². The molecule has 1 N–H and O–H groups in total. The number of nitrogens with one attached hydrogen (secondary N) is 1. The van der Waals surface area contributed by atoms with Gasteiger partial charge in [0.1, 0.15) is 49.4 Å². The van der Waals surface area contributed by atoms with Gasteiger partial charge < -0.3 is 28.5 Å². The fourth-order valence-corrected chi connectivity index (χ4v) is 10.2. The van der Waals surface area contributed by atoms with Gasteiger partial charge >= 0.3 is 0 Å². The molecule has 0 saturated carbocycles. The molecule has 386 valence electrons. The average molecular weight is 1040 g/mol. The number of rotatable bonds is 16. The highest BCUT2D eigenvalue weighted by Crippen LogP contribution is 2.48. The van der Waals surface area contributed by atoms with Gasteiger partial charge in [-0.25, -0.2) is 9.97 Å². The van der Waals surface area contributed by atoms with E-state index in [-0.39, 0.29) is 0 Å². The maximum atomic E-state index is 6.45. The summed E-state index contributed by atoms with van der Waals surface area (Å²) in [6.07, 6.45) is 8.37. The van der Waals surface area contributed by atoms with Gasteiger partial charge in [-0.2, -0.15) is 0 Å². The second-order valence-corrected chi connectivity index (χ2v) is 19.7. The zero-order chi connectivity index (χ0) is 53.5. The average Bonchev–Trinajstić information content (AvgIpc) is 4.49. The molecule has 8 nitrogen and oxygen atoms in total. The van der Waals surface area contributed by atoms with E-state index in [1.165, 1.54) is 0 Å². The van der Waals surface area contributed by atoms with Crippen LogP contribution in [0.1, 0.15) is 45.0 Å². The van der Waals surface area contributed by atoms with Crippen LogP contribution in [-0.4, -0.2) is 19.5 Å². The number of hydrogen-bond acceptors (Lipinski definition) is 6. The fourth-order valence-electron chi connectivity index (χ4n) is 10.2. The van der Waals surface area contributed by atoms with Crippen molar-refractivity contribution in [3.63, 3.8) is 0 Å². The second-order valence-electron chi connectivity index (χ2n) is 19.7. The molecule has 13 rings (SSSR count). The number of fused-ring (bicyclic) bond motifs is 8. The maximum Gasteiger partial charge on any atom is 0.119 e. The summed E-state index contributed by atoms with van der Waals surface area (Å²) < 4.78 is 28.1. The van der Waals surface area contributed by atoms with Crippen molar-refractivity contribution in [2.24, 2.45) is 0 Å². The molecule has 0 saturated heterocycles. The molecule has 0 radical (unpaired) electrons. The Kier molecular flexibility index (Phi) is 13.9. The van der Waals surface area contributed by atoms with E-state index in [2.05, 4.69) is 210 Å². The predicted molar refractivity (Wildman–Crippen MR) is 323 cm³/mol. The van der Waals surface area contributed by atoms with Crippen LogP contribution >= 0.6 is 0 Å². The van der Waals surface area contributed by atoms with Crippen LogP contribution in [0.5, 0.6) is 23.0 Å². The van der Waals surface area contributed by atoms with Gasteiger partial charge in [-0.05, 0) is 154 Å². The molecular weight excluding hydrogens is 985 g/mol. The quantitative estimate of drug-likeness (QED) is 0.104. The van der Waals surface area contributed by atoms with Crippen LogP contribution in [0.4, 0.5) is 0 Å². The molecule has 0 aliphatic carbocycles. The lowest BCUT2D eigenvalue weighted by Gasteiger charge is -2.15. The fraction of sp³-hybridized carbons (Fsp3) is 0.0556. The van der Waals surface area contributed by atoms with E-state index in [9.17, 15) is 0 Å². The van der Waals surface area contributed by atoms with Crippen LogP contribution in [0.3, 0.4) is 0 Å². The molecule has 8 heteroatoms. The number of hydrogen-bond donors (Lipinski definition) is 1. The van der Waals surface area contributed by atoms with E-state index in [0.717, 1.165) is 129 Å². The first-order valence-corrected chi connectivity index (χ1v) is 26.8. The Morgan fingerprint density at radius 1 is 0.325 bits per heavy atom. The molecule has 2 aliphatic rings. The number of benzene rings is 8. The third kappa shape index (κ3) is 11.1. The molecule has 0 amide bonds. The number of H-pyrrole nitrogens is 1. The molecule has 5 heterocycles. The molecule has 80 heavy (non-hydrogen) atoms. The minimum Gasteiger partial charge on any atom is -0.489 e. The Labute approximate surface area is 464 Å². The Morgan fingerprint density at radius 3 is 1.12 bits per heavy atom. The molecule has 0 atom stereocenters. The third-order valence-corrected chi connectivity index (χ3v) is 14.2. The highest BCUT2D eigenvalue weighted by molar-refractivity contribution is 6.11. The molecule has 2 aliphatic heterocycles. The highest BCUT2D eigenvalue weighted by Gasteiger charge is 2.26. The molecule has 0 fully saturated rings. The SMILES string of the molecule is C1=Cc2cc3c(-c4ccc(OCc5ccccc5)cc4)c(-c4ccc(OCc5ccccc5)cc4)c(c(-c4ccc(OCc5ccccc5)cc4)c4nc(cc5ccc(cc1n2)[nH]5)C=C4)n3-c1ccc(OCc2ccccc2)cc1. The van der Waals surface area contributed by atoms with Crippen LogP contribution in [0.15, 0.2) is 249 Å². The van der Waals surface area contributed by atoms with E-state index < -0.39 is 0 Å². The van der Waals surface area contributed by atoms with E-state index in [1.807, 2.05) is 72.8 Å². The summed E-state index contributed by atoms with van der Waals surface area (Å²) in [5.74, 6) is 3.03. The van der Waals surface area contributed by atoms with Crippen LogP contribution in [0.25, 0.3) is 85.4 Å². The van der Waals surface area contributed by atoms with Gasteiger partial charge in [-0.3, -0.25) is 0 Å². The molecule has 0 unspecified atom stereocenters. The number of nitrogens with zero attached hydrogens (tertiary/aromatic N) is 3. The summed E-state index contributed by atoms with van der Waals surface area (Å²) in [6.45, 7) is 1.77. The van der Waals surface area contributed by atoms with E-state index in [0.29, 0.717) is 26.4 Å². The lowest BCUT2D eigenvalue weighted by atomic mass is 9.93. The van der Waals surface area contributed by atoms with Crippen molar-refractivity contribution in [2.75, 3.05) is 0 Å². The van der Waals surface area contributed by atoms with Gasteiger partial charge in [0.05, 0.1) is 33.8 Å². The maximum absolute atomic E-state index is 6.45. The molecular formula is C72H54N4O4. The zero-order valence-corrected chi connectivity index (χ0v) is 43.8.